The molecule has 0 N–H and O–H groups in total. The summed E-state index contributed by atoms with van der Waals surface area (Å²) in [5.41, 5.74) is 0. The molecule has 17 heavy (non-hydrogen) atoms. The molecule has 0 aromatic heterocycles. The highest BCUT2D eigenvalue weighted by Crippen LogP contribution is 2.90. The molecule has 7 unspecified atom stereocenters. The van der Waals surface area contributed by atoms with Crippen molar-refractivity contribution in [2.24, 2.45) is 35.5 Å². The van der Waals surface area contributed by atoms with Gasteiger partial charge in [0, 0.05) is 11.8 Å². The number of rotatable bonds is 2. The molecular weight excluding hydrogens is 307 g/mol. The van der Waals surface area contributed by atoms with E-state index in [-0.39, 0.29) is 22.7 Å². The van der Waals surface area contributed by atoms with Gasteiger partial charge in [0.15, 0.2) is 15.7 Å². The van der Waals surface area contributed by atoms with Crippen LogP contribution in [0.15, 0.2) is 0 Å². The third-order valence-electron chi connectivity index (χ3n) is 4.95. The average molecular weight is 323 g/mol. The first-order chi connectivity index (χ1) is 7.76. The van der Waals surface area contributed by atoms with Crippen LogP contribution in [0.2, 0.25) is 0 Å². The first kappa shape index (κ1) is 11.4. The van der Waals surface area contributed by atoms with Crippen molar-refractivity contribution in [3.05, 3.63) is 0 Å². The van der Waals surface area contributed by atoms with Crippen molar-refractivity contribution in [1.29, 1.82) is 0 Å². The number of halogens is 2. The molecule has 4 fully saturated rings. The van der Waals surface area contributed by atoms with Gasteiger partial charge in [0.05, 0.1) is 10.9 Å². The third kappa shape index (κ3) is 1.26. The molecule has 0 aromatic rings. The Hall–Kier alpha value is 0.520. The Bertz CT molecular complexity index is 423. The maximum atomic E-state index is 14.2. The highest BCUT2D eigenvalue weighted by Gasteiger charge is 2.93. The monoisotopic (exact) mass is 322 g/mol. The molecule has 0 radical (unpaired) electrons. The third-order valence-corrected chi connectivity index (χ3v) is 7.41. The van der Waals surface area contributed by atoms with Crippen molar-refractivity contribution in [2.75, 3.05) is 0 Å². The zero-order valence-corrected chi connectivity index (χ0v) is 12.4. The van der Waals surface area contributed by atoms with Crippen LogP contribution in [0.5, 0.6) is 0 Å². The van der Waals surface area contributed by atoms with Crippen molar-refractivity contribution >= 4 is 27.0 Å². The molecule has 4 aliphatic rings. The Balaban J connectivity index is 1.54. The molecule has 0 spiro atoms. The Morgan fingerprint density at radius 1 is 1.18 bits per heavy atom. The molecule has 4 aliphatic carbocycles. The predicted molar refractivity (Wildman–Crippen MR) is 66.5 cm³/mol. The van der Waals surface area contributed by atoms with Gasteiger partial charge >= 0.3 is 0 Å². The van der Waals surface area contributed by atoms with Crippen LogP contribution in [0.3, 0.4) is 0 Å². The molecule has 2 nitrogen and oxygen atoms in total. The lowest BCUT2D eigenvalue weighted by atomic mass is 9.86. The molecule has 0 aromatic carbocycles. The van der Waals surface area contributed by atoms with E-state index in [0.29, 0.717) is 23.7 Å². The second-order valence-electron chi connectivity index (χ2n) is 6.94. The first-order valence-electron chi connectivity index (χ1n) is 6.23. The van der Waals surface area contributed by atoms with E-state index < -0.39 is 15.7 Å². The Labute approximate surface area is 111 Å². The molecule has 4 saturated carbocycles. The summed E-state index contributed by atoms with van der Waals surface area (Å²) < 4.78 is 30.3. The summed E-state index contributed by atoms with van der Waals surface area (Å²) in [6, 6.07) is 0. The molecule has 7 atom stereocenters. The fourth-order valence-electron chi connectivity index (χ4n) is 3.96. The lowest BCUT2D eigenvalue weighted by molar-refractivity contribution is 0.0905. The zero-order chi connectivity index (χ0) is 12.3. The van der Waals surface area contributed by atoms with Crippen LogP contribution in [-0.4, -0.2) is 19.6 Å². The lowest BCUT2D eigenvalue weighted by Crippen LogP contribution is -2.36. The van der Waals surface area contributed by atoms with Crippen LogP contribution in [0.25, 0.3) is 0 Å². The van der Waals surface area contributed by atoms with Gasteiger partial charge in [-0.15, -0.1) is 0 Å². The summed E-state index contributed by atoms with van der Waals surface area (Å²) in [6.45, 7) is 5.68. The van der Waals surface area contributed by atoms with Crippen LogP contribution in [0, 0.1) is 35.5 Å². The van der Waals surface area contributed by atoms with Crippen molar-refractivity contribution in [1.82, 2.24) is 0 Å². The largest absolute Gasteiger partial charge is 0.286 e. The minimum atomic E-state index is -1.33. The fraction of sp³-hybridized carbons (Fsp3) is 1.00. The van der Waals surface area contributed by atoms with Gasteiger partial charge in [0.1, 0.15) is 0 Å². The van der Waals surface area contributed by atoms with Crippen LogP contribution in [0.4, 0.5) is 4.39 Å². The van der Waals surface area contributed by atoms with Crippen LogP contribution < -0.4 is 0 Å². The summed E-state index contributed by atoms with van der Waals surface area (Å²) in [4.78, 5) is 0. The van der Waals surface area contributed by atoms with E-state index in [4.69, 9.17) is 4.18 Å². The SMILES string of the molecule is CC(C)(C)S(=O)OC1C2C3C2C3C2C1C2(F)Br. The van der Waals surface area contributed by atoms with Gasteiger partial charge in [-0.05, 0) is 60.4 Å². The van der Waals surface area contributed by atoms with Crippen LogP contribution in [0.1, 0.15) is 20.8 Å². The summed E-state index contributed by atoms with van der Waals surface area (Å²) in [5, 5.41) is 0. The molecule has 0 heterocycles. The van der Waals surface area contributed by atoms with Crippen molar-refractivity contribution in [3.63, 3.8) is 0 Å². The van der Waals surface area contributed by atoms with Gasteiger partial charge in [0.25, 0.3) is 0 Å². The number of fused-ring (bicyclic) bond motifs is 4. The molecular formula is C12H16BrFO2S. The average Bonchev–Trinajstić information content (AvgIpc) is 3.04. The summed E-state index contributed by atoms with van der Waals surface area (Å²) in [6.07, 6.45) is -0.121. The van der Waals surface area contributed by atoms with E-state index in [0.717, 1.165) is 0 Å². The van der Waals surface area contributed by atoms with Gasteiger partial charge < -0.3 is 0 Å². The molecule has 96 valence electrons. The van der Waals surface area contributed by atoms with Gasteiger partial charge in [-0.25, -0.2) is 8.60 Å². The fourth-order valence-corrected chi connectivity index (χ4v) is 5.70. The van der Waals surface area contributed by atoms with Crippen LogP contribution in [-0.2, 0) is 15.3 Å². The Morgan fingerprint density at radius 2 is 1.76 bits per heavy atom. The zero-order valence-electron chi connectivity index (χ0n) is 10.0. The van der Waals surface area contributed by atoms with E-state index in [1.807, 2.05) is 20.8 Å². The molecule has 0 bridgehead atoms. The van der Waals surface area contributed by atoms with Crippen LogP contribution >= 0.6 is 15.9 Å². The smallest absolute Gasteiger partial charge is 0.174 e. The highest BCUT2D eigenvalue weighted by atomic mass is 79.9. The quantitative estimate of drug-likeness (QED) is 0.730. The second-order valence-corrected chi connectivity index (χ2v) is 10.0. The van der Waals surface area contributed by atoms with Gasteiger partial charge in [-0.2, -0.15) is 0 Å². The summed E-state index contributed by atoms with van der Waals surface area (Å²) in [7, 11) is 0. The number of hydrogen-bond donors (Lipinski definition) is 0. The number of alkyl halides is 2. The topological polar surface area (TPSA) is 26.3 Å². The summed E-state index contributed by atoms with van der Waals surface area (Å²) in [5.74, 6) is 2.56. The van der Waals surface area contributed by atoms with E-state index in [9.17, 15) is 8.60 Å². The van der Waals surface area contributed by atoms with Gasteiger partial charge in [-0.1, -0.05) is 0 Å². The molecule has 0 amide bonds. The van der Waals surface area contributed by atoms with Crippen molar-refractivity contribution in [2.45, 2.75) is 36.2 Å². The lowest BCUT2D eigenvalue weighted by Gasteiger charge is -2.29. The second kappa shape index (κ2) is 2.83. The number of hydrogen-bond acceptors (Lipinski definition) is 2. The Kier molecular flexibility index (Phi) is 1.89. The van der Waals surface area contributed by atoms with E-state index >= 15 is 0 Å². The minimum Gasteiger partial charge on any atom is -0.286 e. The maximum Gasteiger partial charge on any atom is 0.174 e. The normalized spacial score (nSPS) is 63.5. The van der Waals surface area contributed by atoms with Crippen molar-refractivity contribution < 1.29 is 12.8 Å². The molecule has 5 heteroatoms. The van der Waals surface area contributed by atoms with E-state index in [1.54, 1.807) is 0 Å². The molecule has 0 aliphatic heterocycles. The molecule has 4 rings (SSSR count). The molecule has 0 saturated heterocycles. The van der Waals surface area contributed by atoms with Gasteiger partial charge in [-0.3, -0.25) is 4.18 Å². The highest BCUT2D eigenvalue weighted by molar-refractivity contribution is 9.10. The first-order valence-corrected chi connectivity index (χ1v) is 8.10. The Morgan fingerprint density at radius 3 is 2.29 bits per heavy atom. The van der Waals surface area contributed by atoms with Gasteiger partial charge in [0.2, 0.25) is 0 Å². The minimum absolute atomic E-state index is 0.0567. The predicted octanol–water partition coefficient (Wildman–Crippen LogP) is 2.65. The van der Waals surface area contributed by atoms with Crippen molar-refractivity contribution in [3.8, 4) is 0 Å². The van der Waals surface area contributed by atoms with E-state index in [2.05, 4.69) is 15.9 Å². The standard InChI is InChI=1S/C12H16BrFO2S/c1-11(2,3)17(15)16-10-7-4-5(7)6(4)8-9(10)12(8,13)14/h4-10H,1-3H3. The maximum absolute atomic E-state index is 14.2. The van der Waals surface area contributed by atoms with E-state index in [1.165, 1.54) is 0 Å². The summed E-state index contributed by atoms with van der Waals surface area (Å²) >= 11 is 1.86.